The number of ether oxygens (including phenoxy) is 1. The summed E-state index contributed by atoms with van der Waals surface area (Å²) >= 11 is 0. The van der Waals surface area contributed by atoms with E-state index >= 15 is 0 Å². The molecule has 1 aliphatic carbocycles. The standard InChI is InChI=1S/C26H24N4O2/c1-25(31)14-26(27,15-25)19-11-9-17(10-12-19)21-23(18-6-3-2-4-7-18)30-16-32-20-8-5-13-28-22(20)24(30)29-21/h2-13,31H,14-16,27H2,1H3/t25-,26+. The van der Waals surface area contributed by atoms with Gasteiger partial charge in [0.2, 0.25) is 0 Å². The van der Waals surface area contributed by atoms with Crippen molar-refractivity contribution in [1.29, 1.82) is 0 Å². The average Bonchev–Trinajstić information content (AvgIpc) is 3.18. The molecule has 2 aromatic carbocycles. The molecule has 0 spiro atoms. The van der Waals surface area contributed by atoms with Gasteiger partial charge in [-0.2, -0.15) is 0 Å². The maximum Gasteiger partial charge on any atom is 0.167 e. The summed E-state index contributed by atoms with van der Waals surface area (Å²) in [4.78, 5) is 9.57. The summed E-state index contributed by atoms with van der Waals surface area (Å²) < 4.78 is 8.07. The predicted molar refractivity (Wildman–Crippen MR) is 123 cm³/mol. The number of rotatable bonds is 3. The van der Waals surface area contributed by atoms with Crippen molar-refractivity contribution < 1.29 is 9.84 Å². The molecule has 0 unspecified atom stereocenters. The van der Waals surface area contributed by atoms with Crippen LogP contribution in [0, 0.1) is 0 Å². The van der Waals surface area contributed by atoms with Crippen LogP contribution in [0.2, 0.25) is 0 Å². The van der Waals surface area contributed by atoms with Gasteiger partial charge in [-0.1, -0.05) is 54.6 Å². The van der Waals surface area contributed by atoms with E-state index in [0.29, 0.717) is 19.6 Å². The van der Waals surface area contributed by atoms with Crippen LogP contribution in [-0.4, -0.2) is 25.2 Å². The van der Waals surface area contributed by atoms with Gasteiger partial charge in [0, 0.05) is 22.9 Å². The Morgan fingerprint density at radius 1 is 0.938 bits per heavy atom. The van der Waals surface area contributed by atoms with Gasteiger partial charge in [-0.3, -0.25) is 4.57 Å². The molecule has 32 heavy (non-hydrogen) atoms. The molecule has 1 fully saturated rings. The van der Waals surface area contributed by atoms with Gasteiger partial charge in [-0.15, -0.1) is 0 Å². The lowest BCUT2D eigenvalue weighted by Crippen LogP contribution is -2.58. The molecule has 1 saturated carbocycles. The molecule has 0 amide bonds. The normalized spacial score (nSPS) is 23.6. The van der Waals surface area contributed by atoms with Gasteiger partial charge < -0.3 is 15.6 Å². The zero-order valence-corrected chi connectivity index (χ0v) is 17.8. The first-order valence-electron chi connectivity index (χ1n) is 10.8. The van der Waals surface area contributed by atoms with E-state index in [9.17, 15) is 5.11 Å². The number of imidazole rings is 1. The highest BCUT2D eigenvalue weighted by molar-refractivity contribution is 5.83. The molecule has 0 atom stereocenters. The van der Waals surface area contributed by atoms with Gasteiger partial charge in [0.15, 0.2) is 18.3 Å². The number of hydrogen-bond acceptors (Lipinski definition) is 5. The molecular weight excluding hydrogens is 400 g/mol. The average molecular weight is 425 g/mol. The third kappa shape index (κ3) is 2.95. The first-order valence-corrected chi connectivity index (χ1v) is 10.8. The van der Waals surface area contributed by atoms with Crippen LogP contribution in [0.4, 0.5) is 0 Å². The van der Waals surface area contributed by atoms with Crippen molar-refractivity contribution in [3.05, 3.63) is 78.5 Å². The summed E-state index contributed by atoms with van der Waals surface area (Å²) in [5, 5.41) is 10.2. The van der Waals surface area contributed by atoms with Crippen molar-refractivity contribution in [1.82, 2.24) is 14.5 Å². The molecule has 0 radical (unpaired) electrons. The Bertz CT molecular complexity index is 1300. The lowest BCUT2D eigenvalue weighted by atomic mass is 9.63. The first kappa shape index (κ1) is 19.2. The van der Waals surface area contributed by atoms with Gasteiger partial charge in [0.1, 0.15) is 5.69 Å². The van der Waals surface area contributed by atoms with Crippen molar-refractivity contribution in [2.75, 3.05) is 0 Å². The van der Waals surface area contributed by atoms with Crippen LogP contribution in [0.1, 0.15) is 25.3 Å². The van der Waals surface area contributed by atoms with E-state index in [1.807, 2.05) is 37.3 Å². The molecule has 0 bridgehead atoms. The fourth-order valence-electron chi connectivity index (χ4n) is 5.13. The van der Waals surface area contributed by atoms with E-state index in [1.165, 1.54) is 0 Å². The van der Waals surface area contributed by atoms with Gasteiger partial charge in [0.25, 0.3) is 0 Å². The summed E-state index contributed by atoms with van der Waals surface area (Å²) in [6, 6.07) is 22.3. The first-order chi connectivity index (χ1) is 15.4. The summed E-state index contributed by atoms with van der Waals surface area (Å²) in [5.74, 6) is 1.55. The quantitative estimate of drug-likeness (QED) is 0.511. The summed E-state index contributed by atoms with van der Waals surface area (Å²) in [7, 11) is 0. The van der Waals surface area contributed by atoms with Crippen molar-refractivity contribution in [2.24, 2.45) is 5.73 Å². The Kier molecular flexibility index (Phi) is 4.06. The van der Waals surface area contributed by atoms with Gasteiger partial charge in [-0.05, 0) is 37.5 Å². The van der Waals surface area contributed by atoms with E-state index in [4.69, 9.17) is 15.5 Å². The summed E-state index contributed by atoms with van der Waals surface area (Å²) in [5.41, 5.74) is 11.1. The molecule has 2 aromatic heterocycles. The maximum absolute atomic E-state index is 10.2. The topological polar surface area (TPSA) is 86.2 Å². The second-order valence-corrected chi connectivity index (χ2v) is 9.13. The highest BCUT2D eigenvalue weighted by Gasteiger charge is 2.49. The number of benzene rings is 2. The summed E-state index contributed by atoms with van der Waals surface area (Å²) in [6.45, 7) is 2.21. The van der Waals surface area contributed by atoms with Crippen LogP contribution < -0.4 is 10.5 Å². The van der Waals surface area contributed by atoms with Crippen molar-refractivity contribution in [3.63, 3.8) is 0 Å². The molecular formula is C26H24N4O2. The largest absolute Gasteiger partial charge is 0.470 e. The smallest absolute Gasteiger partial charge is 0.167 e. The molecule has 1 aliphatic heterocycles. The fraction of sp³-hybridized carbons (Fsp3) is 0.231. The van der Waals surface area contributed by atoms with E-state index in [0.717, 1.165) is 45.3 Å². The molecule has 0 saturated heterocycles. The van der Waals surface area contributed by atoms with Gasteiger partial charge >= 0.3 is 0 Å². The highest BCUT2D eigenvalue weighted by Crippen LogP contribution is 2.47. The Morgan fingerprint density at radius 2 is 1.69 bits per heavy atom. The second kappa shape index (κ2) is 6.76. The monoisotopic (exact) mass is 424 g/mol. The minimum atomic E-state index is -0.683. The molecule has 6 heteroatoms. The van der Waals surface area contributed by atoms with Gasteiger partial charge in [-0.25, -0.2) is 9.97 Å². The second-order valence-electron chi connectivity index (χ2n) is 9.13. The zero-order chi connectivity index (χ0) is 21.9. The van der Waals surface area contributed by atoms with Crippen molar-refractivity contribution in [2.45, 2.75) is 37.6 Å². The minimum absolute atomic E-state index is 0.379. The van der Waals surface area contributed by atoms with E-state index in [2.05, 4.69) is 45.9 Å². The van der Waals surface area contributed by atoms with Gasteiger partial charge in [0.05, 0.1) is 17.0 Å². The third-order valence-electron chi connectivity index (χ3n) is 6.47. The number of fused-ring (bicyclic) bond motifs is 3. The Morgan fingerprint density at radius 3 is 2.41 bits per heavy atom. The molecule has 6 rings (SSSR count). The van der Waals surface area contributed by atoms with E-state index in [-0.39, 0.29) is 0 Å². The molecule has 4 aromatic rings. The predicted octanol–water partition coefficient (Wildman–Crippen LogP) is 4.33. The summed E-state index contributed by atoms with van der Waals surface area (Å²) in [6.07, 6.45) is 2.89. The zero-order valence-electron chi connectivity index (χ0n) is 17.8. The van der Waals surface area contributed by atoms with Crippen molar-refractivity contribution >= 4 is 0 Å². The van der Waals surface area contributed by atoms with Crippen LogP contribution in [0.15, 0.2) is 72.9 Å². The van der Waals surface area contributed by atoms with E-state index < -0.39 is 11.1 Å². The number of nitrogens with zero attached hydrogens (tertiary/aromatic N) is 3. The lowest BCUT2D eigenvalue weighted by Gasteiger charge is -2.49. The van der Waals surface area contributed by atoms with Crippen LogP contribution in [0.5, 0.6) is 5.75 Å². The lowest BCUT2D eigenvalue weighted by molar-refractivity contribution is -0.0738. The number of aromatic nitrogens is 3. The molecule has 6 nitrogen and oxygen atoms in total. The SMILES string of the molecule is C[C@]1(O)C[C@](N)(c2ccc(-c3nc4n(c3-c3ccccc3)COc3cccnc3-4)cc2)C1. The third-order valence-corrected chi connectivity index (χ3v) is 6.47. The van der Waals surface area contributed by atoms with Crippen molar-refractivity contribution in [3.8, 4) is 39.8 Å². The molecule has 3 heterocycles. The number of aliphatic hydroxyl groups is 1. The molecule has 160 valence electrons. The highest BCUT2D eigenvalue weighted by atomic mass is 16.5. The Balaban J connectivity index is 1.48. The van der Waals surface area contributed by atoms with E-state index in [1.54, 1.807) is 6.20 Å². The van der Waals surface area contributed by atoms with Crippen LogP contribution in [0.3, 0.4) is 0 Å². The maximum atomic E-state index is 10.2. The van der Waals surface area contributed by atoms with Crippen LogP contribution in [0.25, 0.3) is 34.0 Å². The Labute approximate surface area is 186 Å². The minimum Gasteiger partial charge on any atom is -0.470 e. The molecule has 2 aliphatic rings. The number of hydrogen-bond donors (Lipinski definition) is 2. The number of nitrogens with two attached hydrogens (primary N) is 1. The van der Waals surface area contributed by atoms with Crippen LogP contribution >= 0.6 is 0 Å². The van der Waals surface area contributed by atoms with Crippen LogP contribution in [-0.2, 0) is 12.3 Å². The fourth-order valence-corrected chi connectivity index (χ4v) is 5.13. The Hall–Kier alpha value is -3.48. The number of pyridine rings is 1. The molecule has 3 N–H and O–H groups in total.